The SMILES string of the molecule is OCC12CC1Oc1ccc(C(F)(F)F)cc12. The molecule has 2 aliphatic rings. The molecule has 1 N–H and O–H groups in total. The quantitative estimate of drug-likeness (QED) is 0.800. The zero-order chi connectivity index (χ0) is 11.6. The fraction of sp³-hybridized carbons (Fsp3) is 0.455. The molecule has 1 fully saturated rings. The molecule has 0 radical (unpaired) electrons. The minimum atomic E-state index is -4.35. The van der Waals surface area contributed by atoms with Gasteiger partial charge in [-0.05, 0) is 18.2 Å². The van der Waals surface area contributed by atoms with E-state index in [4.69, 9.17) is 4.74 Å². The third-order valence-corrected chi connectivity index (χ3v) is 3.40. The second-order valence-electron chi connectivity index (χ2n) is 4.33. The number of aliphatic hydroxyl groups is 1. The molecule has 0 saturated heterocycles. The van der Waals surface area contributed by atoms with Crippen LogP contribution in [0, 0.1) is 0 Å². The Labute approximate surface area is 89.6 Å². The monoisotopic (exact) mass is 230 g/mol. The number of ether oxygens (including phenoxy) is 1. The summed E-state index contributed by atoms with van der Waals surface area (Å²) < 4.78 is 43.0. The molecule has 1 aromatic rings. The summed E-state index contributed by atoms with van der Waals surface area (Å²) in [4.78, 5) is 0. The van der Waals surface area contributed by atoms with Gasteiger partial charge in [-0.25, -0.2) is 0 Å². The van der Waals surface area contributed by atoms with Gasteiger partial charge in [0, 0.05) is 12.0 Å². The van der Waals surface area contributed by atoms with Gasteiger partial charge in [-0.1, -0.05) is 0 Å². The first-order chi connectivity index (χ1) is 7.47. The lowest BCUT2D eigenvalue weighted by Gasteiger charge is -2.12. The topological polar surface area (TPSA) is 29.5 Å². The number of benzene rings is 1. The van der Waals surface area contributed by atoms with Crippen LogP contribution in [0.1, 0.15) is 17.5 Å². The van der Waals surface area contributed by atoms with Crippen molar-refractivity contribution in [1.82, 2.24) is 0 Å². The summed E-state index contributed by atoms with van der Waals surface area (Å²) in [5.41, 5.74) is -0.763. The molecule has 1 saturated carbocycles. The van der Waals surface area contributed by atoms with Crippen LogP contribution >= 0.6 is 0 Å². The minimum Gasteiger partial charge on any atom is -0.489 e. The van der Waals surface area contributed by atoms with Gasteiger partial charge in [0.15, 0.2) is 0 Å². The molecular formula is C11H9F3O2. The molecule has 16 heavy (non-hydrogen) atoms. The fourth-order valence-corrected chi connectivity index (χ4v) is 2.31. The van der Waals surface area contributed by atoms with Crippen molar-refractivity contribution < 1.29 is 23.0 Å². The van der Waals surface area contributed by atoms with Crippen LogP contribution in [0.15, 0.2) is 18.2 Å². The lowest BCUT2D eigenvalue weighted by atomic mass is 9.95. The van der Waals surface area contributed by atoms with Gasteiger partial charge >= 0.3 is 6.18 Å². The maximum Gasteiger partial charge on any atom is 0.416 e. The smallest absolute Gasteiger partial charge is 0.416 e. The Balaban J connectivity index is 2.09. The number of hydrogen-bond acceptors (Lipinski definition) is 2. The van der Waals surface area contributed by atoms with E-state index >= 15 is 0 Å². The molecule has 2 nitrogen and oxygen atoms in total. The molecule has 3 rings (SSSR count). The number of halogens is 3. The summed E-state index contributed by atoms with van der Waals surface area (Å²) >= 11 is 0. The molecule has 0 spiro atoms. The van der Waals surface area contributed by atoms with Crippen LogP contribution in [0.25, 0.3) is 0 Å². The van der Waals surface area contributed by atoms with Crippen LogP contribution in [0.5, 0.6) is 5.75 Å². The molecule has 0 bridgehead atoms. The summed E-state index contributed by atoms with van der Waals surface area (Å²) in [6.45, 7) is -0.161. The van der Waals surface area contributed by atoms with Crippen LogP contribution in [0.4, 0.5) is 13.2 Å². The predicted molar refractivity (Wildman–Crippen MR) is 49.2 cm³/mol. The number of aliphatic hydroxyl groups excluding tert-OH is 1. The summed E-state index contributed by atoms with van der Waals surface area (Å²) in [6.07, 6.45) is -3.88. The van der Waals surface area contributed by atoms with Gasteiger partial charge in [0.05, 0.1) is 17.6 Å². The average Bonchev–Trinajstić information content (AvgIpc) is 2.85. The summed E-state index contributed by atoms with van der Waals surface area (Å²) in [7, 11) is 0. The van der Waals surface area contributed by atoms with Gasteiger partial charge in [0.2, 0.25) is 0 Å². The van der Waals surface area contributed by atoms with Gasteiger partial charge < -0.3 is 9.84 Å². The summed E-state index contributed by atoms with van der Waals surface area (Å²) in [5.74, 6) is 0.471. The highest BCUT2D eigenvalue weighted by molar-refractivity contribution is 5.53. The molecular weight excluding hydrogens is 221 g/mol. The highest BCUT2D eigenvalue weighted by atomic mass is 19.4. The van der Waals surface area contributed by atoms with Crippen molar-refractivity contribution in [3.8, 4) is 5.75 Å². The maximum absolute atomic E-state index is 12.5. The van der Waals surface area contributed by atoms with E-state index in [0.717, 1.165) is 12.1 Å². The Morgan fingerprint density at radius 3 is 2.81 bits per heavy atom. The first-order valence-corrected chi connectivity index (χ1v) is 4.97. The van der Waals surface area contributed by atoms with E-state index in [1.165, 1.54) is 6.07 Å². The van der Waals surface area contributed by atoms with Crippen molar-refractivity contribution >= 4 is 0 Å². The predicted octanol–water partition coefficient (Wildman–Crippen LogP) is 2.10. The normalized spacial score (nSPS) is 30.6. The van der Waals surface area contributed by atoms with Gasteiger partial charge in [-0.2, -0.15) is 13.2 Å². The second kappa shape index (κ2) is 2.71. The molecule has 0 amide bonds. The van der Waals surface area contributed by atoms with Crippen molar-refractivity contribution in [3.63, 3.8) is 0 Å². The highest BCUT2D eigenvalue weighted by Crippen LogP contribution is 2.59. The van der Waals surface area contributed by atoms with Crippen LogP contribution in [0.2, 0.25) is 0 Å². The lowest BCUT2D eigenvalue weighted by molar-refractivity contribution is -0.137. The molecule has 1 aliphatic carbocycles. The first kappa shape index (κ1) is 9.96. The van der Waals surface area contributed by atoms with Gasteiger partial charge in [-0.3, -0.25) is 0 Å². The standard InChI is InChI=1S/C11H9F3O2/c12-11(13,14)6-1-2-8-7(3-6)10(5-15)4-9(10)16-8/h1-3,9,15H,4-5H2. The molecule has 2 atom stereocenters. The third kappa shape index (κ3) is 1.12. The maximum atomic E-state index is 12.5. The van der Waals surface area contributed by atoms with E-state index in [1.54, 1.807) is 0 Å². The summed E-state index contributed by atoms with van der Waals surface area (Å²) in [6, 6.07) is 3.44. The van der Waals surface area contributed by atoms with Gasteiger partial charge in [-0.15, -0.1) is 0 Å². The number of hydrogen-bond donors (Lipinski definition) is 1. The zero-order valence-corrected chi connectivity index (χ0v) is 8.21. The molecule has 86 valence electrons. The van der Waals surface area contributed by atoms with Crippen molar-refractivity contribution in [1.29, 1.82) is 0 Å². The average molecular weight is 230 g/mol. The number of alkyl halides is 3. The molecule has 0 aromatic heterocycles. The minimum absolute atomic E-state index is 0.143. The fourth-order valence-electron chi connectivity index (χ4n) is 2.31. The molecule has 1 aromatic carbocycles. The molecule has 2 unspecified atom stereocenters. The van der Waals surface area contributed by atoms with Crippen LogP contribution in [0.3, 0.4) is 0 Å². The molecule has 1 aliphatic heterocycles. The van der Waals surface area contributed by atoms with Crippen LogP contribution in [-0.2, 0) is 11.6 Å². The lowest BCUT2D eigenvalue weighted by Crippen LogP contribution is -2.15. The van der Waals surface area contributed by atoms with E-state index in [-0.39, 0.29) is 12.7 Å². The van der Waals surface area contributed by atoms with Crippen LogP contribution < -0.4 is 4.74 Å². The Bertz CT molecular complexity index is 451. The first-order valence-electron chi connectivity index (χ1n) is 4.97. The summed E-state index contributed by atoms with van der Waals surface area (Å²) in [5, 5.41) is 9.25. The van der Waals surface area contributed by atoms with E-state index < -0.39 is 17.2 Å². The molecule has 1 heterocycles. The van der Waals surface area contributed by atoms with Crippen LogP contribution in [-0.4, -0.2) is 17.8 Å². The second-order valence-corrected chi connectivity index (χ2v) is 4.33. The largest absolute Gasteiger partial charge is 0.489 e. The zero-order valence-electron chi connectivity index (χ0n) is 8.21. The Morgan fingerprint density at radius 1 is 1.44 bits per heavy atom. The number of fused-ring (bicyclic) bond motifs is 3. The third-order valence-electron chi connectivity index (χ3n) is 3.40. The van der Waals surface area contributed by atoms with E-state index in [1.807, 2.05) is 0 Å². The Kier molecular flexibility index (Phi) is 1.69. The van der Waals surface area contributed by atoms with Crippen molar-refractivity contribution in [2.24, 2.45) is 0 Å². The Morgan fingerprint density at radius 2 is 2.19 bits per heavy atom. The van der Waals surface area contributed by atoms with Crippen molar-refractivity contribution in [3.05, 3.63) is 29.3 Å². The highest BCUT2D eigenvalue weighted by Gasteiger charge is 2.63. The Hall–Kier alpha value is -1.23. The van der Waals surface area contributed by atoms with E-state index in [2.05, 4.69) is 0 Å². The van der Waals surface area contributed by atoms with E-state index in [9.17, 15) is 18.3 Å². The molecule has 5 heteroatoms. The van der Waals surface area contributed by atoms with Gasteiger partial charge in [0.25, 0.3) is 0 Å². The van der Waals surface area contributed by atoms with Crippen molar-refractivity contribution in [2.75, 3.05) is 6.61 Å². The number of rotatable bonds is 1. The van der Waals surface area contributed by atoms with Gasteiger partial charge in [0.1, 0.15) is 11.9 Å². The van der Waals surface area contributed by atoms with E-state index in [0.29, 0.717) is 17.7 Å². The van der Waals surface area contributed by atoms with Crippen molar-refractivity contribution in [2.45, 2.75) is 24.1 Å².